The van der Waals surface area contributed by atoms with Crippen LogP contribution in [-0.4, -0.2) is 85.8 Å². The first-order chi connectivity index (χ1) is 28.1. The third-order valence-electron chi connectivity index (χ3n) is 10.4. The van der Waals surface area contributed by atoms with Crippen LogP contribution >= 0.6 is 0 Å². The molecule has 0 saturated carbocycles. The molecule has 3 aliphatic heterocycles. The highest BCUT2D eigenvalue weighted by Gasteiger charge is 2.34. The molecule has 1 amide bonds. The van der Waals surface area contributed by atoms with E-state index in [1.807, 2.05) is 88.5 Å². The van der Waals surface area contributed by atoms with E-state index < -0.39 is 5.60 Å². The predicted octanol–water partition coefficient (Wildman–Crippen LogP) is 8.36. The quantitative estimate of drug-likeness (QED) is 0.144. The molecule has 0 spiro atoms. The second-order valence-corrected chi connectivity index (χ2v) is 15.9. The predicted molar refractivity (Wildman–Crippen MR) is 222 cm³/mol. The van der Waals surface area contributed by atoms with Gasteiger partial charge >= 0.3 is 6.09 Å². The average Bonchev–Trinajstić information content (AvgIpc) is 3.24. The Morgan fingerprint density at radius 3 is 2.53 bits per heavy atom. The Bertz CT molecular complexity index is 2220. The van der Waals surface area contributed by atoms with Gasteiger partial charge in [0, 0.05) is 66.4 Å². The van der Waals surface area contributed by atoms with Crippen LogP contribution in [0.5, 0.6) is 23.1 Å². The third-order valence-corrected chi connectivity index (χ3v) is 10.4. The number of aryl methyl sites for hydroxylation is 1. The lowest BCUT2D eigenvalue weighted by atomic mass is 9.95. The molecule has 8 rings (SSSR count). The summed E-state index contributed by atoms with van der Waals surface area (Å²) in [6.45, 7) is 12.1. The Morgan fingerprint density at radius 1 is 0.948 bits per heavy atom. The van der Waals surface area contributed by atoms with Gasteiger partial charge in [-0.15, -0.1) is 0 Å². The van der Waals surface area contributed by atoms with Crippen molar-refractivity contribution in [3.63, 3.8) is 0 Å². The van der Waals surface area contributed by atoms with Crippen LogP contribution in [-0.2, 0) is 27.2 Å². The van der Waals surface area contributed by atoms with E-state index in [-0.39, 0.29) is 18.2 Å². The van der Waals surface area contributed by atoms with Crippen LogP contribution in [0.15, 0.2) is 91.1 Å². The minimum atomic E-state index is -0.592. The lowest BCUT2D eigenvalue weighted by Gasteiger charge is -2.38. The van der Waals surface area contributed by atoms with E-state index in [0.717, 1.165) is 80.9 Å². The number of carbonyl (C=O) groups is 1. The maximum Gasteiger partial charge on any atom is 0.410 e. The van der Waals surface area contributed by atoms with Gasteiger partial charge in [0.05, 0.1) is 50.9 Å². The Morgan fingerprint density at radius 2 is 1.78 bits per heavy atom. The number of aromatic nitrogens is 2. The van der Waals surface area contributed by atoms with Crippen LogP contribution in [0.2, 0.25) is 0 Å². The summed E-state index contributed by atoms with van der Waals surface area (Å²) in [4.78, 5) is 26.9. The number of amides is 1. The number of nitrogens with zero attached hydrogens (tertiary/aromatic N) is 4. The molecule has 58 heavy (non-hydrogen) atoms. The van der Waals surface area contributed by atoms with Gasteiger partial charge in [-0.3, -0.25) is 4.98 Å². The summed E-state index contributed by atoms with van der Waals surface area (Å²) in [5, 5.41) is 3.71. The van der Waals surface area contributed by atoms with Gasteiger partial charge in [-0.25, -0.2) is 9.78 Å². The molecule has 2 fully saturated rings. The van der Waals surface area contributed by atoms with Gasteiger partial charge in [0.2, 0.25) is 5.88 Å². The smallest absolute Gasteiger partial charge is 0.410 e. The lowest BCUT2D eigenvalue weighted by molar-refractivity contribution is -0.0488. The van der Waals surface area contributed by atoms with E-state index in [0.29, 0.717) is 51.8 Å². The number of anilines is 2. The first-order valence-electron chi connectivity index (χ1n) is 19.9. The van der Waals surface area contributed by atoms with Crippen molar-refractivity contribution in [3.05, 3.63) is 119 Å². The van der Waals surface area contributed by atoms with Crippen molar-refractivity contribution in [3.8, 4) is 34.4 Å². The number of methoxy groups -OCH3 is 1. The van der Waals surface area contributed by atoms with E-state index in [1.54, 1.807) is 12.0 Å². The van der Waals surface area contributed by atoms with Crippen molar-refractivity contribution in [2.75, 3.05) is 63.3 Å². The largest absolute Gasteiger partial charge is 0.497 e. The SMILES string of the molecule is COc1ccc(COc2cc(N3CCOCC3)cc(-c3cccc4c3Oc3ccc(NC(c5ccc(C)cn5)C5CN(C(=O)OC(C)(C)C)CCO5)cc3C4)n2)cc1. The molecule has 5 heterocycles. The van der Waals surface area contributed by atoms with Crippen molar-refractivity contribution in [1.29, 1.82) is 0 Å². The van der Waals surface area contributed by atoms with Crippen LogP contribution in [0, 0.1) is 6.92 Å². The lowest BCUT2D eigenvalue weighted by Crippen LogP contribution is -2.50. The van der Waals surface area contributed by atoms with Crippen LogP contribution < -0.4 is 24.4 Å². The molecule has 302 valence electrons. The van der Waals surface area contributed by atoms with Gasteiger partial charge in [0.15, 0.2) is 0 Å². The molecular weight excluding hydrogens is 735 g/mol. The normalized spacial score (nSPS) is 17.0. The molecule has 0 aliphatic carbocycles. The van der Waals surface area contributed by atoms with E-state index in [1.165, 1.54) is 0 Å². The van der Waals surface area contributed by atoms with Gasteiger partial charge < -0.3 is 43.5 Å². The molecule has 2 aromatic heterocycles. The maximum absolute atomic E-state index is 13.1. The fourth-order valence-corrected chi connectivity index (χ4v) is 7.42. The van der Waals surface area contributed by atoms with Crippen molar-refractivity contribution in [2.45, 2.75) is 58.5 Å². The minimum absolute atomic E-state index is 0.335. The number of benzene rings is 3. The number of ether oxygens (including phenoxy) is 6. The van der Waals surface area contributed by atoms with Gasteiger partial charge in [-0.2, -0.15) is 0 Å². The van der Waals surface area contributed by atoms with E-state index >= 15 is 0 Å². The minimum Gasteiger partial charge on any atom is -0.497 e. The van der Waals surface area contributed by atoms with Gasteiger partial charge in [0.1, 0.15) is 35.6 Å². The van der Waals surface area contributed by atoms with Crippen molar-refractivity contribution in [1.82, 2.24) is 14.9 Å². The van der Waals surface area contributed by atoms with Crippen molar-refractivity contribution < 1.29 is 33.2 Å². The number of hydrogen-bond donors (Lipinski definition) is 1. The summed E-state index contributed by atoms with van der Waals surface area (Å²) >= 11 is 0. The van der Waals surface area contributed by atoms with Crippen molar-refractivity contribution >= 4 is 17.5 Å². The molecule has 0 radical (unpaired) electrons. The number of carbonyl (C=O) groups excluding carboxylic acids is 1. The number of fused-ring (bicyclic) bond motifs is 2. The second kappa shape index (κ2) is 16.9. The molecule has 2 unspecified atom stereocenters. The number of nitrogens with one attached hydrogen (secondary N) is 1. The molecule has 3 aromatic carbocycles. The Balaban J connectivity index is 1.05. The summed E-state index contributed by atoms with van der Waals surface area (Å²) in [5.74, 6) is 2.89. The number of pyridine rings is 2. The van der Waals surface area contributed by atoms with Crippen LogP contribution in [0.25, 0.3) is 11.3 Å². The topological polar surface area (TPSA) is 117 Å². The molecule has 1 N–H and O–H groups in total. The number of hydrogen-bond acceptors (Lipinski definition) is 11. The number of rotatable bonds is 10. The molecule has 5 aromatic rings. The molecule has 12 nitrogen and oxygen atoms in total. The zero-order valence-corrected chi connectivity index (χ0v) is 33.8. The zero-order chi connectivity index (χ0) is 40.2. The molecule has 2 saturated heterocycles. The highest BCUT2D eigenvalue weighted by Crippen LogP contribution is 2.44. The van der Waals surface area contributed by atoms with Gasteiger partial charge in [0.25, 0.3) is 0 Å². The molecule has 2 atom stereocenters. The van der Waals surface area contributed by atoms with E-state index in [2.05, 4.69) is 40.5 Å². The fourth-order valence-electron chi connectivity index (χ4n) is 7.42. The number of morpholine rings is 2. The van der Waals surface area contributed by atoms with Crippen molar-refractivity contribution in [2.24, 2.45) is 0 Å². The van der Waals surface area contributed by atoms with Crippen LogP contribution in [0.3, 0.4) is 0 Å². The molecular formula is C46H51N5O7. The summed E-state index contributed by atoms with van der Waals surface area (Å²) in [5.41, 5.74) is 7.99. The first-order valence-corrected chi connectivity index (χ1v) is 19.9. The standard InChI is InChI=1S/C46H51N5O7/c1-30-9-15-38(47-27-30)43(41-28-51(19-22-55-41)45(52)58-46(2,3)4)48-34-12-16-40-33(24-34)23-32-7-6-8-37(44(32)57-40)39-25-35(50-17-20-54-21-18-50)26-42(49-39)56-29-31-10-13-36(53-5)14-11-31/h6-16,24-27,41,43,48H,17-23,28-29H2,1-5H3. The highest BCUT2D eigenvalue weighted by atomic mass is 16.6. The monoisotopic (exact) mass is 785 g/mol. The summed E-state index contributed by atoms with van der Waals surface area (Å²) in [6, 6.07) is 28.1. The van der Waals surface area contributed by atoms with Crippen LogP contribution in [0.4, 0.5) is 16.2 Å². The Hall–Kier alpha value is -5.85. The Labute approximate surface area is 340 Å². The summed E-state index contributed by atoms with van der Waals surface area (Å²) in [7, 11) is 1.66. The third kappa shape index (κ3) is 9.14. The molecule has 3 aliphatic rings. The Kier molecular flexibility index (Phi) is 11.4. The average molecular weight is 786 g/mol. The van der Waals surface area contributed by atoms with Gasteiger partial charge in [-0.1, -0.05) is 30.3 Å². The summed E-state index contributed by atoms with van der Waals surface area (Å²) < 4.78 is 36.1. The highest BCUT2D eigenvalue weighted by molar-refractivity contribution is 5.75. The maximum atomic E-state index is 13.1. The fraction of sp³-hybridized carbons (Fsp3) is 0.370. The second-order valence-electron chi connectivity index (χ2n) is 15.9. The molecule has 0 bridgehead atoms. The summed E-state index contributed by atoms with van der Waals surface area (Å²) in [6.07, 6.45) is 1.81. The van der Waals surface area contributed by atoms with E-state index in [4.69, 9.17) is 38.4 Å². The first kappa shape index (κ1) is 39.0. The van der Waals surface area contributed by atoms with Crippen LogP contribution in [0.1, 0.15) is 54.8 Å². The zero-order valence-electron chi connectivity index (χ0n) is 33.8. The number of para-hydroxylation sites is 1. The van der Waals surface area contributed by atoms with E-state index in [9.17, 15) is 4.79 Å². The van der Waals surface area contributed by atoms with Gasteiger partial charge in [-0.05, 0) is 87.4 Å². The molecule has 12 heteroatoms.